The van der Waals surface area contributed by atoms with E-state index in [-0.39, 0.29) is 11.2 Å². The molecule has 0 unspecified atom stereocenters. The second-order valence-electron chi connectivity index (χ2n) is 6.02. The van der Waals surface area contributed by atoms with Gasteiger partial charge < -0.3 is 10.3 Å². The molecule has 0 saturated carbocycles. The number of benzene rings is 1. The molecular weight excluding hydrogens is 416 g/mol. The van der Waals surface area contributed by atoms with Crippen molar-refractivity contribution in [1.29, 1.82) is 0 Å². The zero-order valence-electron chi connectivity index (χ0n) is 14.2. The molecule has 3 heterocycles. The molecule has 5 nitrogen and oxygen atoms in total. The average molecular weight is 427 g/mol. The van der Waals surface area contributed by atoms with Crippen molar-refractivity contribution in [3.63, 3.8) is 0 Å². The molecule has 28 heavy (non-hydrogen) atoms. The first-order valence-electron chi connectivity index (χ1n) is 7.99. The Bertz CT molecular complexity index is 1290. The number of hydrogen-bond donors (Lipinski definition) is 2. The normalized spacial score (nSPS) is 12.1. The van der Waals surface area contributed by atoms with Crippen LogP contribution in [-0.4, -0.2) is 21.4 Å². The summed E-state index contributed by atoms with van der Waals surface area (Å²) in [6.45, 7) is 0. The first-order chi connectivity index (χ1) is 13.2. The summed E-state index contributed by atoms with van der Waals surface area (Å²) < 4.78 is 41.2. The highest BCUT2D eigenvalue weighted by Gasteiger charge is 2.38. The summed E-state index contributed by atoms with van der Waals surface area (Å²) in [5.41, 5.74) is -0.165. The number of anilines is 1. The Labute approximate surface area is 165 Å². The van der Waals surface area contributed by atoms with Gasteiger partial charge in [-0.3, -0.25) is 9.20 Å². The highest BCUT2D eigenvalue weighted by Crippen LogP contribution is 2.39. The number of imidazole rings is 1. The van der Waals surface area contributed by atoms with Gasteiger partial charge in [0.2, 0.25) is 0 Å². The lowest BCUT2D eigenvalue weighted by Gasteiger charge is -2.11. The van der Waals surface area contributed by atoms with E-state index in [1.54, 1.807) is 37.4 Å². The number of H-pyrrole nitrogens is 1. The Morgan fingerprint density at radius 1 is 1.14 bits per heavy atom. The Morgan fingerprint density at radius 3 is 2.57 bits per heavy atom. The van der Waals surface area contributed by atoms with Crippen molar-refractivity contribution in [1.82, 2.24) is 14.4 Å². The first kappa shape index (κ1) is 18.6. The molecule has 0 bridgehead atoms. The minimum atomic E-state index is -4.70. The number of alkyl halides is 3. The quantitative estimate of drug-likeness (QED) is 0.462. The van der Waals surface area contributed by atoms with Crippen LogP contribution in [0.25, 0.3) is 27.7 Å². The van der Waals surface area contributed by atoms with Crippen LogP contribution in [0.15, 0.2) is 41.3 Å². The molecule has 2 N–H and O–H groups in total. The highest BCUT2D eigenvalue weighted by atomic mass is 35.5. The van der Waals surface area contributed by atoms with Gasteiger partial charge >= 0.3 is 6.18 Å². The second-order valence-corrected chi connectivity index (χ2v) is 6.78. The maximum Gasteiger partial charge on any atom is 0.436 e. The molecule has 0 atom stereocenters. The van der Waals surface area contributed by atoms with Crippen molar-refractivity contribution in [2.45, 2.75) is 6.18 Å². The number of aromatic amines is 1. The van der Waals surface area contributed by atoms with Crippen LogP contribution in [0.3, 0.4) is 0 Å². The van der Waals surface area contributed by atoms with Crippen molar-refractivity contribution in [3.8, 4) is 11.3 Å². The third-order valence-electron chi connectivity index (χ3n) is 4.40. The Morgan fingerprint density at radius 2 is 1.89 bits per heavy atom. The average Bonchev–Trinajstić information content (AvgIpc) is 3.02. The number of halogens is 5. The first-order valence-corrected chi connectivity index (χ1v) is 8.75. The van der Waals surface area contributed by atoms with Crippen molar-refractivity contribution < 1.29 is 13.2 Å². The molecule has 0 fully saturated rings. The molecule has 0 radical (unpaired) electrons. The highest BCUT2D eigenvalue weighted by molar-refractivity contribution is 6.35. The zero-order valence-corrected chi connectivity index (χ0v) is 15.7. The van der Waals surface area contributed by atoms with Crippen molar-refractivity contribution in [3.05, 3.63) is 62.8 Å². The van der Waals surface area contributed by atoms with E-state index in [9.17, 15) is 18.0 Å². The molecule has 0 saturated heterocycles. The van der Waals surface area contributed by atoms with Gasteiger partial charge in [0.1, 0.15) is 5.15 Å². The van der Waals surface area contributed by atoms with E-state index in [0.29, 0.717) is 32.7 Å². The fourth-order valence-electron chi connectivity index (χ4n) is 3.10. The molecule has 10 heteroatoms. The van der Waals surface area contributed by atoms with Crippen LogP contribution in [0.5, 0.6) is 0 Å². The number of aromatic nitrogens is 3. The molecule has 4 rings (SSSR count). The van der Waals surface area contributed by atoms with E-state index in [0.717, 1.165) is 0 Å². The van der Waals surface area contributed by atoms with E-state index >= 15 is 0 Å². The van der Waals surface area contributed by atoms with Crippen LogP contribution in [0, 0.1) is 0 Å². The molecule has 3 aromatic heterocycles. The number of pyridine rings is 2. The lowest BCUT2D eigenvalue weighted by atomic mass is 10.1. The Kier molecular flexibility index (Phi) is 4.28. The van der Waals surface area contributed by atoms with Gasteiger partial charge in [0.15, 0.2) is 11.3 Å². The molecule has 0 aliphatic rings. The summed E-state index contributed by atoms with van der Waals surface area (Å²) in [7, 11) is 1.58. The van der Waals surface area contributed by atoms with Gasteiger partial charge in [0, 0.05) is 24.0 Å². The lowest BCUT2D eigenvalue weighted by molar-refractivity contribution is -0.140. The number of fused-ring (bicyclic) bond motifs is 2. The predicted octanol–water partition coefficient (Wildman–Crippen LogP) is 5.21. The molecule has 144 valence electrons. The maximum absolute atomic E-state index is 13.3. The van der Waals surface area contributed by atoms with Crippen LogP contribution in [0.2, 0.25) is 10.2 Å². The minimum Gasteiger partial charge on any atom is -0.385 e. The van der Waals surface area contributed by atoms with E-state index in [1.165, 1.54) is 10.6 Å². The SMILES string of the molecule is CNc1ccc(-c2ccc3c(=O)[nH]cc(Cl)c3c2)n2c(Cl)c(C(F)(F)F)nc12. The molecule has 4 aromatic rings. The van der Waals surface area contributed by atoms with Gasteiger partial charge in [-0.05, 0) is 29.8 Å². The second kappa shape index (κ2) is 6.42. The molecule has 0 spiro atoms. The summed E-state index contributed by atoms with van der Waals surface area (Å²) >= 11 is 12.2. The smallest absolute Gasteiger partial charge is 0.385 e. The Balaban J connectivity index is 2.07. The number of rotatable bonds is 2. The molecule has 0 amide bonds. The summed E-state index contributed by atoms with van der Waals surface area (Å²) in [4.78, 5) is 18.2. The van der Waals surface area contributed by atoms with Gasteiger partial charge in [0.05, 0.1) is 16.4 Å². The standard InChI is InChI=1S/C18H11Cl2F3N4O/c1-24-12-4-5-13(27-15(20)14(18(21,22)23)26-16(12)27)8-2-3-9-10(6-8)11(19)7-25-17(9)28/h2-7,24H,1H3,(H,25,28). The number of nitrogens with zero attached hydrogens (tertiary/aromatic N) is 2. The largest absolute Gasteiger partial charge is 0.436 e. The monoisotopic (exact) mass is 426 g/mol. The fraction of sp³-hybridized carbons (Fsp3) is 0.111. The third-order valence-corrected chi connectivity index (χ3v) is 5.06. The third kappa shape index (κ3) is 2.80. The van der Waals surface area contributed by atoms with Crippen molar-refractivity contribution in [2.75, 3.05) is 12.4 Å². The van der Waals surface area contributed by atoms with Crippen LogP contribution in [0.1, 0.15) is 5.69 Å². The summed E-state index contributed by atoms with van der Waals surface area (Å²) in [6, 6.07) is 8.03. The van der Waals surface area contributed by atoms with Gasteiger partial charge in [-0.25, -0.2) is 4.98 Å². The van der Waals surface area contributed by atoms with Crippen LogP contribution in [-0.2, 0) is 6.18 Å². The predicted molar refractivity (Wildman–Crippen MR) is 103 cm³/mol. The van der Waals surface area contributed by atoms with Crippen molar-refractivity contribution in [2.24, 2.45) is 0 Å². The van der Waals surface area contributed by atoms with E-state index < -0.39 is 17.0 Å². The zero-order chi connectivity index (χ0) is 20.2. The summed E-state index contributed by atoms with van der Waals surface area (Å²) in [5.74, 6) is 0. The maximum atomic E-state index is 13.3. The van der Waals surface area contributed by atoms with Crippen LogP contribution in [0.4, 0.5) is 18.9 Å². The van der Waals surface area contributed by atoms with Gasteiger partial charge in [-0.2, -0.15) is 13.2 Å². The molecule has 1 aromatic carbocycles. The topological polar surface area (TPSA) is 62.2 Å². The molecule has 0 aliphatic heterocycles. The van der Waals surface area contributed by atoms with E-state index in [1.807, 2.05) is 0 Å². The lowest BCUT2D eigenvalue weighted by Crippen LogP contribution is -2.06. The summed E-state index contributed by atoms with van der Waals surface area (Å²) in [6.07, 6.45) is -3.34. The number of hydrogen-bond acceptors (Lipinski definition) is 3. The number of nitrogens with one attached hydrogen (secondary N) is 2. The van der Waals surface area contributed by atoms with E-state index in [4.69, 9.17) is 23.2 Å². The van der Waals surface area contributed by atoms with Crippen LogP contribution < -0.4 is 10.9 Å². The van der Waals surface area contributed by atoms with Crippen molar-refractivity contribution >= 4 is 45.3 Å². The van der Waals surface area contributed by atoms with Gasteiger partial charge in [-0.1, -0.05) is 29.3 Å². The molecular formula is C18H11Cl2F3N4O. The minimum absolute atomic E-state index is 0.0365. The van der Waals surface area contributed by atoms with Gasteiger partial charge in [0.25, 0.3) is 5.56 Å². The molecule has 0 aliphatic carbocycles. The fourth-order valence-corrected chi connectivity index (χ4v) is 3.63. The summed E-state index contributed by atoms with van der Waals surface area (Å²) in [5, 5.41) is 3.41. The van der Waals surface area contributed by atoms with Crippen LogP contribution >= 0.6 is 23.2 Å². The van der Waals surface area contributed by atoms with E-state index in [2.05, 4.69) is 15.3 Å². The Hall–Kier alpha value is -2.71. The van der Waals surface area contributed by atoms with Gasteiger partial charge in [-0.15, -0.1) is 0 Å².